The smallest absolute Gasteiger partial charge is 0.254 e. The standard InChI is InChI=1S/C15H18N4O2/c1-10-13(15(21)19-11(2)18-10)9-14(20)17-8-6-12-5-3-4-7-16-12/h3-5,7H,6,8-9H2,1-2H3,(H,17,20)(H,18,19,21). The van der Waals surface area contributed by atoms with Gasteiger partial charge in [0, 0.05) is 36.1 Å². The molecule has 0 saturated heterocycles. The lowest BCUT2D eigenvalue weighted by Crippen LogP contribution is -2.30. The van der Waals surface area contributed by atoms with Gasteiger partial charge < -0.3 is 10.3 Å². The predicted molar refractivity (Wildman–Crippen MR) is 79.0 cm³/mol. The Bertz CT molecular complexity index is 680. The zero-order valence-electron chi connectivity index (χ0n) is 12.1. The van der Waals surface area contributed by atoms with Crippen LogP contribution >= 0.6 is 0 Å². The Balaban J connectivity index is 1.89. The van der Waals surface area contributed by atoms with Crippen LogP contribution < -0.4 is 10.9 Å². The van der Waals surface area contributed by atoms with Crippen LogP contribution in [0.15, 0.2) is 29.2 Å². The molecule has 0 aliphatic rings. The molecule has 2 heterocycles. The minimum atomic E-state index is -0.250. The number of hydrogen-bond acceptors (Lipinski definition) is 4. The first-order chi connectivity index (χ1) is 10.1. The summed E-state index contributed by atoms with van der Waals surface area (Å²) >= 11 is 0. The number of hydrogen-bond donors (Lipinski definition) is 2. The van der Waals surface area contributed by atoms with Gasteiger partial charge in [-0.15, -0.1) is 0 Å². The number of aromatic nitrogens is 3. The molecular weight excluding hydrogens is 268 g/mol. The van der Waals surface area contributed by atoms with Crippen molar-refractivity contribution in [1.82, 2.24) is 20.3 Å². The molecule has 0 unspecified atom stereocenters. The highest BCUT2D eigenvalue weighted by Gasteiger charge is 2.11. The average molecular weight is 286 g/mol. The first-order valence-corrected chi connectivity index (χ1v) is 6.79. The van der Waals surface area contributed by atoms with Crippen molar-refractivity contribution in [2.75, 3.05) is 6.54 Å². The normalized spacial score (nSPS) is 10.4. The second-order valence-corrected chi connectivity index (χ2v) is 4.81. The summed E-state index contributed by atoms with van der Waals surface area (Å²) in [6.45, 7) is 3.94. The Morgan fingerprint density at radius 1 is 1.33 bits per heavy atom. The Hall–Kier alpha value is -2.50. The Morgan fingerprint density at radius 2 is 2.14 bits per heavy atom. The summed E-state index contributed by atoms with van der Waals surface area (Å²) in [5.41, 5.74) is 1.68. The molecule has 110 valence electrons. The highest BCUT2D eigenvalue weighted by atomic mass is 16.2. The number of rotatable bonds is 5. The van der Waals surface area contributed by atoms with Crippen molar-refractivity contribution in [3.05, 3.63) is 57.5 Å². The van der Waals surface area contributed by atoms with Gasteiger partial charge in [-0.2, -0.15) is 0 Å². The van der Waals surface area contributed by atoms with Gasteiger partial charge in [-0.25, -0.2) is 4.98 Å². The van der Waals surface area contributed by atoms with Crippen LogP contribution in [0.5, 0.6) is 0 Å². The van der Waals surface area contributed by atoms with Crippen LogP contribution in [-0.2, 0) is 17.6 Å². The van der Waals surface area contributed by atoms with Crippen molar-refractivity contribution in [2.24, 2.45) is 0 Å². The van der Waals surface area contributed by atoms with Crippen molar-refractivity contribution < 1.29 is 4.79 Å². The van der Waals surface area contributed by atoms with Gasteiger partial charge >= 0.3 is 0 Å². The topological polar surface area (TPSA) is 87.7 Å². The summed E-state index contributed by atoms with van der Waals surface area (Å²) in [7, 11) is 0. The number of pyridine rings is 1. The maximum atomic E-state index is 11.9. The Labute approximate surface area is 122 Å². The number of carbonyl (C=O) groups is 1. The molecule has 0 spiro atoms. The van der Waals surface area contributed by atoms with Gasteiger partial charge in [-0.3, -0.25) is 14.6 Å². The first-order valence-electron chi connectivity index (χ1n) is 6.79. The predicted octanol–water partition coefficient (Wildman–Crippen LogP) is 0.683. The van der Waals surface area contributed by atoms with E-state index in [1.807, 2.05) is 18.2 Å². The first kappa shape index (κ1) is 14.9. The number of carbonyl (C=O) groups excluding carboxylic acids is 1. The molecule has 2 aromatic rings. The third-order valence-electron chi connectivity index (χ3n) is 3.11. The van der Waals surface area contributed by atoms with Crippen LogP contribution in [0.1, 0.15) is 22.8 Å². The lowest BCUT2D eigenvalue weighted by atomic mass is 10.1. The van der Waals surface area contributed by atoms with Crippen LogP contribution in [0.4, 0.5) is 0 Å². The number of amides is 1. The van der Waals surface area contributed by atoms with Crippen LogP contribution in [0.2, 0.25) is 0 Å². The van der Waals surface area contributed by atoms with E-state index < -0.39 is 0 Å². The van der Waals surface area contributed by atoms with Crippen molar-refractivity contribution in [3.63, 3.8) is 0 Å². The molecule has 0 bridgehead atoms. The van der Waals surface area contributed by atoms with Crippen molar-refractivity contribution in [1.29, 1.82) is 0 Å². The maximum Gasteiger partial charge on any atom is 0.254 e. The molecule has 0 aliphatic heterocycles. The van der Waals surface area contributed by atoms with Gasteiger partial charge in [-0.1, -0.05) is 6.07 Å². The average Bonchev–Trinajstić information content (AvgIpc) is 2.44. The van der Waals surface area contributed by atoms with Crippen molar-refractivity contribution in [2.45, 2.75) is 26.7 Å². The maximum absolute atomic E-state index is 11.9. The molecule has 0 aromatic carbocycles. The molecule has 21 heavy (non-hydrogen) atoms. The summed E-state index contributed by atoms with van der Waals surface area (Å²) < 4.78 is 0. The molecule has 6 heteroatoms. The third kappa shape index (κ3) is 4.24. The molecular formula is C15H18N4O2. The molecule has 1 amide bonds. The lowest BCUT2D eigenvalue weighted by molar-refractivity contribution is -0.120. The monoisotopic (exact) mass is 286 g/mol. The number of aromatic amines is 1. The Kier molecular flexibility index (Phi) is 4.81. The fourth-order valence-corrected chi connectivity index (χ4v) is 2.06. The summed E-state index contributed by atoms with van der Waals surface area (Å²) in [5.74, 6) is 0.363. The zero-order chi connectivity index (χ0) is 15.2. The van der Waals surface area contributed by atoms with Gasteiger partial charge in [0.2, 0.25) is 5.91 Å². The van der Waals surface area contributed by atoms with Crippen LogP contribution in [0, 0.1) is 13.8 Å². The molecule has 2 rings (SSSR count). The van der Waals surface area contributed by atoms with E-state index in [2.05, 4.69) is 20.3 Å². The molecule has 2 N–H and O–H groups in total. The van der Waals surface area contributed by atoms with Gasteiger partial charge in [0.1, 0.15) is 5.82 Å². The fraction of sp³-hybridized carbons (Fsp3) is 0.333. The highest BCUT2D eigenvalue weighted by Crippen LogP contribution is 2.00. The molecule has 0 fully saturated rings. The summed E-state index contributed by atoms with van der Waals surface area (Å²) in [5, 5.41) is 2.79. The minimum absolute atomic E-state index is 0.0384. The molecule has 0 radical (unpaired) electrons. The van der Waals surface area contributed by atoms with Crippen molar-refractivity contribution >= 4 is 5.91 Å². The molecule has 0 saturated carbocycles. The molecule has 0 atom stereocenters. The second kappa shape index (κ2) is 6.78. The van der Waals surface area contributed by atoms with E-state index in [0.29, 0.717) is 30.0 Å². The summed E-state index contributed by atoms with van der Waals surface area (Å²) in [6.07, 6.45) is 2.42. The van der Waals surface area contributed by atoms with E-state index >= 15 is 0 Å². The lowest BCUT2D eigenvalue weighted by Gasteiger charge is -2.07. The number of aryl methyl sites for hydroxylation is 2. The van der Waals surface area contributed by atoms with Crippen molar-refractivity contribution in [3.8, 4) is 0 Å². The highest BCUT2D eigenvalue weighted by molar-refractivity contribution is 5.78. The van der Waals surface area contributed by atoms with E-state index in [4.69, 9.17) is 0 Å². The SMILES string of the molecule is Cc1nc(C)c(CC(=O)NCCc2ccccn2)c(=O)[nH]1. The van der Waals surface area contributed by atoms with Gasteiger partial charge in [-0.05, 0) is 26.0 Å². The summed E-state index contributed by atoms with van der Waals surface area (Å²) in [4.78, 5) is 34.6. The summed E-state index contributed by atoms with van der Waals surface area (Å²) in [6, 6.07) is 5.66. The quantitative estimate of drug-likeness (QED) is 0.846. The molecule has 2 aromatic heterocycles. The number of nitrogens with one attached hydrogen (secondary N) is 2. The zero-order valence-corrected chi connectivity index (χ0v) is 12.1. The van der Waals surface area contributed by atoms with Gasteiger partial charge in [0.25, 0.3) is 5.56 Å². The van der Waals surface area contributed by atoms with E-state index in [9.17, 15) is 9.59 Å². The van der Waals surface area contributed by atoms with Gasteiger partial charge in [0.05, 0.1) is 6.42 Å². The van der Waals surface area contributed by atoms with E-state index in [1.165, 1.54) is 0 Å². The Morgan fingerprint density at radius 3 is 2.81 bits per heavy atom. The second-order valence-electron chi connectivity index (χ2n) is 4.81. The number of H-pyrrole nitrogens is 1. The molecule has 6 nitrogen and oxygen atoms in total. The fourth-order valence-electron chi connectivity index (χ4n) is 2.06. The molecule has 0 aliphatic carbocycles. The van der Waals surface area contributed by atoms with Crippen LogP contribution in [0.25, 0.3) is 0 Å². The van der Waals surface area contributed by atoms with E-state index in [0.717, 1.165) is 5.69 Å². The van der Waals surface area contributed by atoms with Crippen LogP contribution in [0.3, 0.4) is 0 Å². The minimum Gasteiger partial charge on any atom is -0.355 e. The third-order valence-corrected chi connectivity index (χ3v) is 3.11. The van der Waals surface area contributed by atoms with Crippen LogP contribution in [-0.4, -0.2) is 27.4 Å². The van der Waals surface area contributed by atoms with E-state index in [1.54, 1.807) is 20.0 Å². The van der Waals surface area contributed by atoms with E-state index in [-0.39, 0.29) is 17.9 Å². The van der Waals surface area contributed by atoms with Gasteiger partial charge in [0.15, 0.2) is 0 Å². The number of nitrogens with zero attached hydrogens (tertiary/aromatic N) is 2. The largest absolute Gasteiger partial charge is 0.355 e.